The minimum atomic E-state index is -3.58. The Labute approximate surface area is 176 Å². The summed E-state index contributed by atoms with van der Waals surface area (Å²) < 4.78 is 28.7. The number of hydrogen-bond acceptors (Lipinski definition) is 7. The number of benzene rings is 1. The molecule has 0 amide bonds. The van der Waals surface area contributed by atoms with Crippen molar-refractivity contribution in [2.45, 2.75) is 18.9 Å². The van der Waals surface area contributed by atoms with Gasteiger partial charge in [0.1, 0.15) is 5.82 Å². The van der Waals surface area contributed by atoms with Crippen LogP contribution in [0.1, 0.15) is 11.3 Å². The number of nitrogens with zero attached hydrogens (tertiary/aromatic N) is 6. The summed E-state index contributed by atoms with van der Waals surface area (Å²) in [4.78, 5) is 15.2. The second kappa shape index (κ2) is 8.04. The van der Waals surface area contributed by atoms with Gasteiger partial charge in [-0.2, -0.15) is 9.29 Å². The van der Waals surface area contributed by atoms with Gasteiger partial charge in [0.15, 0.2) is 5.03 Å². The Bertz CT molecular complexity index is 1130. The van der Waals surface area contributed by atoms with Crippen molar-refractivity contribution < 1.29 is 8.42 Å². The smallest absolute Gasteiger partial charge is 0.262 e. The first kappa shape index (κ1) is 20.3. The van der Waals surface area contributed by atoms with Gasteiger partial charge < -0.3 is 14.8 Å². The second-order valence-corrected chi connectivity index (χ2v) is 9.34. The van der Waals surface area contributed by atoms with Gasteiger partial charge in [-0.15, -0.1) is 0 Å². The summed E-state index contributed by atoms with van der Waals surface area (Å²) in [5.41, 5.74) is 2.95. The van der Waals surface area contributed by atoms with E-state index in [2.05, 4.69) is 25.2 Å². The maximum Gasteiger partial charge on any atom is 0.262 e. The molecular weight excluding hydrogens is 402 g/mol. The first-order valence-electron chi connectivity index (χ1n) is 9.74. The third-order valence-corrected chi connectivity index (χ3v) is 6.78. The van der Waals surface area contributed by atoms with Gasteiger partial charge in [-0.25, -0.2) is 18.4 Å². The Morgan fingerprint density at radius 1 is 1.00 bits per heavy atom. The van der Waals surface area contributed by atoms with Crippen molar-refractivity contribution >= 4 is 27.5 Å². The predicted octanol–water partition coefficient (Wildman–Crippen LogP) is 2.08. The van der Waals surface area contributed by atoms with Crippen molar-refractivity contribution in [2.75, 3.05) is 36.4 Å². The van der Waals surface area contributed by atoms with Crippen molar-refractivity contribution in [3.05, 3.63) is 54.1 Å². The van der Waals surface area contributed by atoms with E-state index >= 15 is 0 Å². The minimum absolute atomic E-state index is 0.0842. The lowest BCUT2D eigenvalue weighted by Gasteiger charge is -2.34. The van der Waals surface area contributed by atoms with Crippen LogP contribution >= 0.6 is 0 Å². The molecule has 4 rings (SSSR count). The van der Waals surface area contributed by atoms with Gasteiger partial charge in [-0.05, 0) is 26.0 Å². The molecule has 30 heavy (non-hydrogen) atoms. The highest BCUT2D eigenvalue weighted by Crippen LogP contribution is 2.22. The lowest BCUT2D eigenvalue weighted by Crippen LogP contribution is -2.49. The fourth-order valence-corrected chi connectivity index (χ4v) is 4.74. The Morgan fingerprint density at radius 2 is 1.70 bits per heavy atom. The molecular formula is C20H25N7O2S. The summed E-state index contributed by atoms with van der Waals surface area (Å²) in [5.74, 6) is 1.31. The SMILES string of the molecule is Cc1ccc(Nc2nc(C)cc(N3CCN(S(=O)(=O)c4cn(C)cn4)CC3)n2)cc1. The molecule has 10 heteroatoms. The Kier molecular flexibility index (Phi) is 5.44. The summed E-state index contributed by atoms with van der Waals surface area (Å²) in [5, 5.41) is 3.33. The molecule has 3 heterocycles. The van der Waals surface area contributed by atoms with Gasteiger partial charge in [0.2, 0.25) is 5.95 Å². The quantitative estimate of drug-likeness (QED) is 0.666. The molecule has 1 aliphatic rings. The fraction of sp³-hybridized carbons (Fsp3) is 0.350. The molecule has 1 N–H and O–H groups in total. The average Bonchev–Trinajstić information content (AvgIpc) is 3.17. The molecule has 0 radical (unpaired) electrons. The molecule has 1 fully saturated rings. The van der Waals surface area contributed by atoms with Crippen molar-refractivity contribution in [1.82, 2.24) is 23.8 Å². The number of aryl methyl sites for hydroxylation is 3. The van der Waals surface area contributed by atoms with Crippen LogP contribution in [-0.4, -0.2) is 58.4 Å². The van der Waals surface area contributed by atoms with Crippen LogP contribution in [0.15, 0.2) is 47.9 Å². The highest BCUT2D eigenvalue weighted by atomic mass is 32.2. The van der Waals surface area contributed by atoms with Crippen LogP contribution in [0.25, 0.3) is 0 Å². The van der Waals surface area contributed by atoms with Gasteiger partial charge in [0.25, 0.3) is 10.0 Å². The summed E-state index contributed by atoms with van der Waals surface area (Å²) >= 11 is 0. The molecule has 1 aliphatic heterocycles. The molecule has 0 saturated carbocycles. The van der Waals surface area contributed by atoms with Crippen LogP contribution < -0.4 is 10.2 Å². The summed E-state index contributed by atoms with van der Waals surface area (Å²) in [7, 11) is -1.82. The zero-order valence-corrected chi connectivity index (χ0v) is 18.1. The fourth-order valence-electron chi connectivity index (χ4n) is 3.35. The Balaban J connectivity index is 1.47. The lowest BCUT2D eigenvalue weighted by molar-refractivity contribution is 0.382. The maximum absolute atomic E-state index is 12.8. The molecule has 9 nitrogen and oxygen atoms in total. The van der Waals surface area contributed by atoms with Gasteiger partial charge in [0.05, 0.1) is 6.33 Å². The molecule has 0 bridgehead atoms. The first-order chi connectivity index (χ1) is 14.3. The van der Waals surface area contributed by atoms with Crippen molar-refractivity contribution in [2.24, 2.45) is 7.05 Å². The van der Waals surface area contributed by atoms with E-state index in [4.69, 9.17) is 0 Å². The van der Waals surface area contributed by atoms with Crippen LogP contribution in [0.5, 0.6) is 0 Å². The Morgan fingerprint density at radius 3 is 2.33 bits per heavy atom. The molecule has 0 spiro atoms. The highest BCUT2D eigenvalue weighted by Gasteiger charge is 2.30. The van der Waals surface area contributed by atoms with Gasteiger partial charge in [-0.3, -0.25) is 0 Å². The van der Waals surface area contributed by atoms with E-state index in [0.29, 0.717) is 32.1 Å². The van der Waals surface area contributed by atoms with Crippen LogP contribution in [-0.2, 0) is 17.1 Å². The van der Waals surface area contributed by atoms with Crippen LogP contribution in [0, 0.1) is 13.8 Å². The molecule has 1 saturated heterocycles. The number of piperazine rings is 1. The van der Waals surface area contributed by atoms with E-state index in [1.165, 1.54) is 22.4 Å². The first-order valence-corrected chi connectivity index (χ1v) is 11.2. The largest absolute Gasteiger partial charge is 0.354 e. The molecule has 158 valence electrons. The van der Waals surface area contributed by atoms with Crippen LogP contribution in [0.2, 0.25) is 0 Å². The zero-order chi connectivity index (χ0) is 21.3. The van der Waals surface area contributed by atoms with Gasteiger partial charge in [0, 0.05) is 56.9 Å². The van der Waals surface area contributed by atoms with E-state index in [1.807, 2.05) is 44.2 Å². The predicted molar refractivity (Wildman–Crippen MR) is 115 cm³/mol. The summed E-state index contributed by atoms with van der Waals surface area (Å²) in [6.07, 6.45) is 3.02. The third-order valence-electron chi connectivity index (χ3n) is 5.00. The molecule has 2 aromatic heterocycles. The lowest BCUT2D eigenvalue weighted by atomic mass is 10.2. The number of nitrogens with one attached hydrogen (secondary N) is 1. The number of hydrogen-bond donors (Lipinski definition) is 1. The van der Waals surface area contributed by atoms with E-state index in [9.17, 15) is 8.42 Å². The second-order valence-electron chi connectivity index (χ2n) is 7.45. The van der Waals surface area contributed by atoms with Crippen LogP contribution in [0.4, 0.5) is 17.5 Å². The molecule has 3 aromatic rings. The van der Waals surface area contributed by atoms with Crippen molar-refractivity contribution in [1.29, 1.82) is 0 Å². The van der Waals surface area contributed by atoms with E-state index in [0.717, 1.165) is 17.2 Å². The van der Waals surface area contributed by atoms with Gasteiger partial charge in [-0.1, -0.05) is 17.7 Å². The zero-order valence-electron chi connectivity index (χ0n) is 17.3. The number of imidazole rings is 1. The average molecular weight is 428 g/mol. The third kappa shape index (κ3) is 4.29. The number of aromatic nitrogens is 4. The van der Waals surface area contributed by atoms with Crippen molar-refractivity contribution in [3.63, 3.8) is 0 Å². The Hall–Kier alpha value is -2.98. The normalized spacial score (nSPS) is 15.4. The topological polar surface area (TPSA) is 96.2 Å². The summed E-state index contributed by atoms with van der Waals surface area (Å²) in [6.45, 7) is 5.82. The standard InChI is InChI=1S/C20H25N7O2S/c1-15-4-6-17(7-5-15)23-20-22-16(2)12-18(24-20)26-8-10-27(11-9-26)30(28,29)19-13-25(3)14-21-19/h4-7,12-14H,8-11H2,1-3H3,(H,22,23,24). The van der Waals surface area contributed by atoms with Gasteiger partial charge >= 0.3 is 0 Å². The monoisotopic (exact) mass is 427 g/mol. The molecule has 1 aromatic carbocycles. The van der Waals surface area contributed by atoms with Crippen molar-refractivity contribution in [3.8, 4) is 0 Å². The van der Waals surface area contributed by atoms with Crippen LogP contribution in [0.3, 0.4) is 0 Å². The number of anilines is 3. The van der Waals surface area contributed by atoms with E-state index in [1.54, 1.807) is 11.6 Å². The molecule has 0 unspecified atom stereocenters. The molecule has 0 atom stereocenters. The minimum Gasteiger partial charge on any atom is -0.354 e. The number of rotatable bonds is 5. The van der Waals surface area contributed by atoms with E-state index < -0.39 is 10.0 Å². The summed E-state index contributed by atoms with van der Waals surface area (Å²) in [6, 6.07) is 9.95. The molecule has 0 aliphatic carbocycles. The maximum atomic E-state index is 12.8. The number of sulfonamides is 1. The van der Waals surface area contributed by atoms with E-state index in [-0.39, 0.29) is 5.03 Å². The highest BCUT2D eigenvalue weighted by molar-refractivity contribution is 7.89.